The highest BCUT2D eigenvalue weighted by molar-refractivity contribution is 7.99. The van der Waals surface area contributed by atoms with Crippen molar-refractivity contribution in [3.05, 3.63) is 60.5 Å². The van der Waals surface area contributed by atoms with Crippen LogP contribution in [-0.4, -0.2) is 51.7 Å². The van der Waals surface area contributed by atoms with Gasteiger partial charge in [0.2, 0.25) is 0 Å². The van der Waals surface area contributed by atoms with Gasteiger partial charge >= 0.3 is 0 Å². The number of nitrogens with zero attached hydrogens (tertiary/aromatic N) is 4. The highest BCUT2D eigenvalue weighted by Gasteiger charge is 2.19. The number of likely N-dealkylation sites (N-methyl/N-ethyl adjacent to an activating group) is 1. The normalized spacial score (nSPS) is 17.2. The van der Waals surface area contributed by atoms with Gasteiger partial charge in [-0.3, -0.25) is 4.90 Å². The maximum absolute atomic E-state index is 5.71. The van der Waals surface area contributed by atoms with Crippen molar-refractivity contribution in [3.8, 4) is 0 Å². The quantitative estimate of drug-likeness (QED) is 0.459. The topological polar surface area (TPSA) is 43.2 Å². The predicted molar refractivity (Wildman–Crippen MR) is 112 cm³/mol. The minimum atomic E-state index is 0.345. The second kappa shape index (κ2) is 10.4. The summed E-state index contributed by atoms with van der Waals surface area (Å²) in [5.41, 5.74) is 1.22. The third-order valence-electron chi connectivity index (χ3n) is 4.47. The van der Waals surface area contributed by atoms with E-state index < -0.39 is 0 Å². The van der Waals surface area contributed by atoms with Gasteiger partial charge in [0.05, 0.1) is 12.6 Å². The van der Waals surface area contributed by atoms with Gasteiger partial charge in [0.1, 0.15) is 5.82 Å². The van der Waals surface area contributed by atoms with E-state index in [1.54, 1.807) is 11.8 Å². The van der Waals surface area contributed by atoms with Crippen LogP contribution in [0.5, 0.6) is 0 Å². The van der Waals surface area contributed by atoms with Crippen LogP contribution in [0.25, 0.3) is 6.08 Å². The van der Waals surface area contributed by atoms with Crippen molar-refractivity contribution in [2.24, 2.45) is 0 Å². The van der Waals surface area contributed by atoms with Gasteiger partial charge < -0.3 is 9.30 Å². The van der Waals surface area contributed by atoms with Gasteiger partial charge in [-0.15, -0.1) is 16.8 Å². The average molecular weight is 385 g/mol. The smallest absolute Gasteiger partial charge is 0.191 e. The Labute approximate surface area is 166 Å². The van der Waals surface area contributed by atoms with Gasteiger partial charge in [-0.1, -0.05) is 60.3 Å². The van der Waals surface area contributed by atoms with E-state index >= 15 is 0 Å². The molecule has 1 fully saturated rings. The monoisotopic (exact) mass is 384 g/mol. The third kappa shape index (κ3) is 6.06. The van der Waals surface area contributed by atoms with E-state index in [0.717, 1.165) is 55.8 Å². The van der Waals surface area contributed by atoms with E-state index in [-0.39, 0.29) is 0 Å². The number of aromatic nitrogens is 3. The molecule has 0 saturated carbocycles. The molecule has 1 aliphatic heterocycles. The van der Waals surface area contributed by atoms with Gasteiger partial charge in [-0.2, -0.15) is 0 Å². The lowest BCUT2D eigenvalue weighted by Crippen LogP contribution is -2.20. The largest absolute Gasteiger partial charge is 0.377 e. The Morgan fingerprint density at radius 1 is 1.33 bits per heavy atom. The molecule has 0 N–H and O–H groups in total. The summed E-state index contributed by atoms with van der Waals surface area (Å²) in [5.74, 6) is 1.91. The van der Waals surface area contributed by atoms with E-state index in [0.29, 0.717) is 6.10 Å². The molecule has 144 valence electrons. The Morgan fingerprint density at radius 3 is 2.93 bits per heavy atom. The third-order valence-corrected chi connectivity index (χ3v) is 5.56. The van der Waals surface area contributed by atoms with Gasteiger partial charge in [-0.25, -0.2) is 0 Å². The second-order valence-electron chi connectivity index (χ2n) is 6.75. The van der Waals surface area contributed by atoms with E-state index in [9.17, 15) is 0 Å². The van der Waals surface area contributed by atoms with Crippen LogP contribution in [0.4, 0.5) is 0 Å². The van der Waals surface area contributed by atoms with Crippen LogP contribution in [0.15, 0.2) is 54.2 Å². The van der Waals surface area contributed by atoms with Crippen molar-refractivity contribution in [2.45, 2.75) is 37.2 Å². The molecule has 0 unspecified atom stereocenters. The minimum absolute atomic E-state index is 0.345. The van der Waals surface area contributed by atoms with Gasteiger partial charge in [0.15, 0.2) is 5.16 Å². The maximum Gasteiger partial charge on any atom is 0.191 e. The fraction of sp³-hybridized carbons (Fsp3) is 0.429. The zero-order valence-corrected chi connectivity index (χ0v) is 16.8. The number of hydrogen-bond acceptors (Lipinski definition) is 5. The van der Waals surface area contributed by atoms with Gasteiger partial charge in [0, 0.05) is 25.4 Å². The van der Waals surface area contributed by atoms with Crippen LogP contribution in [0, 0.1) is 0 Å². The van der Waals surface area contributed by atoms with Gasteiger partial charge in [0.25, 0.3) is 0 Å². The van der Waals surface area contributed by atoms with E-state index in [1.807, 2.05) is 12.1 Å². The number of hydrogen-bond donors (Lipinski definition) is 0. The summed E-state index contributed by atoms with van der Waals surface area (Å²) in [4.78, 5) is 2.23. The van der Waals surface area contributed by atoms with E-state index in [4.69, 9.17) is 4.74 Å². The highest BCUT2D eigenvalue weighted by Crippen LogP contribution is 2.23. The molecule has 0 amide bonds. The summed E-state index contributed by atoms with van der Waals surface area (Å²) in [6, 6.07) is 10.3. The van der Waals surface area contributed by atoms with Crippen LogP contribution in [0.1, 0.15) is 24.2 Å². The molecule has 1 aliphatic rings. The molecule has 0 spiro atoms. The molecule has 1 aromatic heterocycles. The summed E-state index contributed by atoms with van der Waals surface area (Å²) in [6.45, 7) is 7.10. The minimum Gasteiger partial charge on any atom is -0.377 e. The van der Waals surface area contributed by atoms with Crippen LogP contribution in [-0.2, 0) is 17.8 Å². The molecule has 1 saturated heterocycles. The number of ether oxygens (including phenoxy) is 1. The van der Waals surface area contributed by atoms with Crippen molar-refractivity contribution in [1.82, 2.24) is 19.7 Å². The molecule has 0 bridgehead atoms. The zero-order chi connectivity index (χ0) is 18.9. The zero-order valence-electron chi connectivity index (χ0n) is 16.0. The van der Waals surface area contributed by atoms with Crippen LogP contribution in [0.2, 0.25) is 0 Å². The molecule has 2 aromatic rings. The Kier molecular flexibility index (Phi) is 7.68. The summed E-state index contributed by atoms with van der Waals surface area (Å²) in [7, 11) is 2.10. The molecular weight excluding hydrogens is 356 g/mol. The van der Waals surface area contributed by atoms with E-state index in [1.165, 1.54) is 5.56 Å². The molecule has 3 rings (SSSR count). The molecule has 1 aromatic carbocycles. The number of benzene rings is 1. The molecular formula is C21H28N4OS. The first-order valence-electron chi connectivity index (χ1n) is 9.43. The molecule has 0 radical (unpaired) electrons. The fourth-order valence-electron chi connectivity index (χ4n) is 3.04. The Balaban J connectivity index is 1.56. The molecule has 1 atom stereocenters. The lowest BCUT2D eigenvalue weighted by molar-refractivity contribution is 0.129. The first-order chi connectivity index (χ1) is 13.3. The van der Waals surface area contributed by atoms with Crippen LogP contribution in [0.3, 0.4) is 0 Å². The Bertz CT molecular complexity index is 738. The summed E-state index contributed by atoms with van der Waals surface area (Å²) in [6.07, 6.45) is 8.88. The summed E-state index contributed by atoms with van der Waals surface area (Å²) < 4.78 is 7.87. The van der Waals surface area contributed by atoms with Crippen molar-refractivity contribution >= 4 is 17.8 Å². The molecule has 2 heterocycles. The van der Waals surface area contributed by atoms with Crippen molar-refractivity contribution in [2.75, 3.05) is 26.0 Å². The van der Waals surface area contributed by atoms with Gasteiger partial charge in [-0.05, 0) is 25.5 Å². The summed E-state index contributed by atoms with van der Waals surface area (Å²) >= 11 is 1.73. The van der Waals surface area contributed by atoms with Crippen molar-refractivity contribution < 1.29 is 4.74 Å². The average Bonchev–Trinajstić information content (AvgIpc) is 3.32. The second-order valence-corrected chi connectivity index (χ2v) is 7.74. The van der Waals surface area contributed by atoms with Crippen molar-refractivity contribution in [3.63, 3.8) is 0 Å². The lowest BCUT2D eigenvalue weighted by Gasteiger charge is -2.15. The molecule has 0 aliphatic carbocycles. The first-order valence-corrected chi connectivity index (χ1v) is 10.4. The SMILES string of the molecule is C=CCn1c(CN(C)C/C=C/c2ccccc2)nnc1SC[C@H]1CCCO1. The standard InChI is InChI=1S/C21H28N4OS/c1-3-13-25-20(22-23-21(25)27-17-19-12-8-15-26-19)16-24(2)14-7-11-18-9-5-4-6-10-18/h3-7,9-11,19H,1,8,12-17H2,2H3/b11-7+/t19-/m1/s1. The number of rotatable bonds is 10. The van der Waals surface area contributed by atoms with E-state index in [2.05, 4.69) is 69.7 Å². The molecule has 6 heteroatoms. The summed E-state index contributed by atoms with van der Waals surface area (Å²) in [5, 5.41) is 9.78. The van der Waals surface area contributed by atoms with Crippen LogP contribution < -0.4 is 0 Å². The lowest BCUT2D eigenvalue weighted by atomic mass is 10.2. The molecule has 27 heavy (non-hydrogen) atoms. The van der Waals surface area contributed by atoms with Crippen LogP contribution >= 0.6 is 11.8 Å². The molecule has 5 nitrogen and oxygen atoms in total. The fourth-order valence-corrected chi connectivity index (χ4v) is 4.07. The predicted octanol–water partition coefficient (Wildman–Crippen LogP) is 3.88. The highest BCUT2D eigenvalue weighted by atomic mass is 32.2. The van der Waals surface area contributed by atoms with Crippen molar-refractivity contribution in [1.29, 1.82) is 0 Å². The maximum atomic E-state index is 5.71. The number of thioether (sulfide) groups is 1. The number of allylic oxidation sites excluding steroid dienone is 1. The Morgan fingerprint density at radius 2 is 2.19 bits per heavy atom. The Hall–Kier alpha value is -1.89. The first kappa shape index (κ1) is 19.9.